The first kappa shape index (κ1) is 17.3. The lowest BCUT2D eigenvalue weighted by Gasteiger charge is -2.25. The van der Waals surface area contributed by atoms with Crippen LogP contribution < -0.4 is 9.04 Å². The summed E-state index contributed by atoms with van der Waals surface area (Å²) in [4.78, 5) is 11.1. The molecule has 1 aromatic carbocycles. The molecule has 0 amide bonds. The maximum atomic E-state index is 12.4. The number of ether oxygens (including phenoxy) is 2. The zero-order valence-corrected chi connectivity index (χ0v) is 13.4. The number of esters is 1. The van der Waals surface area contributed by atoms with Crippen molar-refractivity contribution in [2.24, 2.45) is 0 Å². The third-order valence-corrected chi connectivity index (χ3v) is 4.91. The quantitative estimate of drug-likeness (QED) is 0.698. The second kappa shape index (κ2) is 7.28. The van der Waals surface area contributed by atoms with Crippen LogP contribution in [0.2, 0.25) is 0 Å². The molecule has 0 aliphatic heterocycles. The molecule has 7 nitrogen and oxygen atoms in total. The van der Waals surface area contributed by atoms with Crippen LogP contribution in [0.5, 0.6) is 5.75 Å². The van der Waals surface area contributed by atoms with Gasteiger partial charge in [0.15, 0.2) is 0 Å². The number of benzene rings is 1. The van der Waals surface area contributed by atoms with Gasteiger partial charge in [0.25, 0.3) is 0 Å². The van der Waals surface area contributed by atoms with Gasteiger partial charge in [0.2, 0.25) is 0 Å². The lowest BCUT2D eigenvalue weighted by Crippen LogP contribution is -2.40. The van der Waals surface area contributed by atoms with Gasteiger partial charge in [0.1, 0.15) is 5.75 Å². The van der Waals surface area contributed by atoms with Crippen LogP contribution in [-0.4, -0.2) is 53.6 Å². The number of hydrogen-bond donors (Lipinski definition) is 0. The van der Waals surface area contributed by atoms with Crippen LogP contribution in [0.15, 0.2) is 24.3 Å². The molecule has 0 bridgehead atoms. The average Bonchev–Trinajstić information content (AvgIpc) is 2.51. The highest BCUT2D eigenvalue weighted by molar-refractivity contribution is 7.90. The third kappa shape index (κ3) is 4.33. The number of hydrogen-bond acceptors (Lipinski definition) is 5. The van der Waals surface area contributed by atoms with Gasteiger partial charge in [-0.3, -0.25) is 9.10 Å². The molecule has 21 heavy (non-hydrogen) atoms. The molecule has 0 spiro atoms. The predicted molar refractivity (Wildman–Crippen MR) is 79.6 cm³/mol. The van der Waals surface area contributed by atoms with Crippen LogP contribution in [0, 0.1) is 0 Å². The summed E-state index contributed by atoms with van der Waals surface area (Å²) in [5.41, 5.74) is 0.501. The number of methoxy groups -OCH3 is 2. The number of carbonyl (C=O) groups is 1. The average molecular weight is 316 g/mol. The van der Waals surface area contributed by atoms with E-state index in [2.05, 4.69) is 4.74 Å². The van der Waals surface area contributed by atoms with Gasteiger partial charge in [-0.05, 0) is 24.3 Å². The van der Waals surface area contributed by atoms with Crippen molar-refractivity contribution < 1.29 is 22.7 Å². The Morgan fingerprint density at radius 1 is 1.14 bits per heavy atom. The maximum absolute atomic E-state index is 12.4. The minimum atomic E-state index is -3.70. The third-order valence-electron chi connectivity index (χ3n) is 3.03. The van der Waals surface area contributed by atoms with E-state index in [0.717, 1.165) is 8.61 Å². The molecule has 0 fully saturated rings. The number of rotatable bonds is 7. The van der Waals surface area contributed by atoms with Crippen molar-refractivity contribution in [3.8, 4) is 5.75 Å². The number of carbonyl (C=O) groups excluding carboxylic acids is 1. The summed E-state index contributed by atoms with van der Waals surface area (Å²) < 4.78 is 36.5. The molecule has 0 saturated carbocycles. The summed E-state index contributed by atoms with van der Waals surface area (Å²) in [5.74, 6) is 0.188. The standard InChI is InChI=1S/C13H20N2O5S/c1-14(10-9-13(16)20-4)21(17,18)15(2)11-5-7-12(19-3)8-6-11/h5-8H,9-10H2,1-4H3. The highest BCUT2D eigenvalue weighted by Gasteiger charge is 2.24. The van der Waals surface area contributed by atoms with Gasteiger partial charge in [0, 0.05) is 20.6 Å². The molecule has 8 heteroatoms. The lowest BCUT2D eigenvalue weighted by atomic mass is 10.3. The summed E-state index contributed by atoms with van der Waals surface area (Å²) in [7, 11) is 1.97. The topological polar surface area (TPSA) is 76.2 Å². The molecule has 0 heterocycles. The largest absolute Gasteiger partial charge is 0.497 e. The molecule has 0 radical (unpaired) electrons. The highest BCUT2D eigenvalue weighted by atomic mass is 32.2. The SMILES string of the molecule is COC(=O)CCN(C)S(=O)(=O)N(C)c1ccc(OC)cc1. The zero-order valence-electron chi connectivity index (χ0n) is 12.6. The van der Waals surface area contributed by atoms with Crippen LogP contribution in [0.1, 0.15) is 6.42 Å². The van der Waals surface area contributed by atoms with Gasteiger partial charge < -0.3 is 9.47 Å². The fourth-order valence-electron chi connectivity index (χ4n) is 1.60. The van der Waals surface area contributed by atoms with E-state index in [0.29, 0.717) is 11.4 Å². The van der Waals surface area contributed by atoms with E-state index in [4.69, 9.17) is 4.74 Å². The van der Waals surface area contributed by atoms with Crippen molar-refractivity contribution in [1.29, 1.82) is 0 Å². The summed E-state index contributed by atoms with van der Waals surface area (Å²) in [6.07, 6.45) is 0.00266. The Kier molecular flexibility index (Phi) is 5.98. The van der Waals surface area contributed by atoms with Gasteiger partial charge in [-0.1, -0.05) is 0 Å². The molecule has 0 aliphatic carbocycles. The Morgan fingerprint density at radius 3 is 2.19 bits per heavy atom. The predicted octanol–water partition coefficient (Wildman–Crippen LogP) is 0.871. The fourth-order valence-corrected chi connectivity index (χ4v) is 2.73. The first-order valence-corrected chi connectivity index (χ1v) is 7.63. The van der Waals surface area contributed by atoms with Crippen molar-refractivity contribution in [3.05, 3.63) is 24.3 Å². The first-order valence-electron chi connectivity index (χ1n) is 6.24. The summed E-state index contributed by atoms with van der Waals surface area (Å²) >= 11 is 0. The summed E-state index contributed by atoms with van der Waals surface area (Å²) in [6.45, 7) is 0.0511. The molecular weight excluding hydrogens is 296 g/mol. The van der Waals surface area contributed by atoms with Crippen molar-refractivity contribution in [2.75, 3.05) is 39.2 Å². The van der Waals surface area contributed by atoms with Crippen LogP contribution in [0.25, 0.3) is 0 Å². The van der Waals surface area contributed by atoms with Crippen molar-refractivity contribution in [1.82, 2.24) is 4.31 Å². The Hall–Kier alpha value is -1.80. The minimum absolute atomic E-state index is 0.00266. The molecule has 0 aliphatic rings. The number of anilines is 1. The second-order valence-electron chi connectivity index (χ2n) is 4.32. The summed E-state index contributed by atoms with van der Waals surface area (Å²) in [5, 5.41) is 0. The van der Waals surface area contributed by atoms with E-state index in [-0.39, 0.29) is 13.0 Å². The monoisotopic (exact) mass is 316 g/mol. The molecule has 0 atom stereocenters. The maximum Gasteiger partial charge on any atom is 0.306 e. The molecule has 0 unspecified atom stereocenters. The molecule has 0 saturated heterocycles. The van der Waals surface area contributed by atoms with Crippen molar-refractivity contribution in [2.45, 2.75) is 6.42 Å². The highest BCUT2D eigenvalue weighted by Crippen LogP contribution is 2.21. The van der Waals surface area contributed by atoms with Gasteiger partial charge in [-0.15, -0.1) is 0 Å². The Morgan fingerprint density at radius 2 is 1.71 bits per heavy atom. The number of nitrogens with zero attached hydrogens (tertiary/aromatic N) is 2. The van der Waals surface area contributed by atoms with E-state index in [9.17, 15) is 13.2 Å². The molecule has 0 aromatic heterocycles. The molecule has 118 valence electrons. The van der Waals surface area contributed by atoms with Crippen molar-refractivity contribution in [3.63, 3.8) is 0 Å². The van der Waals surface area contributed by atoms with E-state index >= 15 is 0 Å². The smallest absolute Gasteiger partial charge is 0.306 e. The Balaban J connectivity index is 2.82. The molecule has 1 aromatic rings. The second-order valence-corrected chi connectivity index (χ2v) is 6.39. The van der Waals surface area contributed by atoms with Crippen LogP contribution in [0.3, 0.4) is 0 Å². The van der Waals surface area contributed by atoms with E-state index in [1.165, 1.54) is 28.3 Å². The molecule has 0 N–H and O–H groups in total. The Labute approximate surface area is 125 Å². The zero-order chi connectivity index (χ0) is 16.0. The molecular formula is C13H20N2O5S. The van der Waals surface area contributed by atoms with E-state index in [1.807, 2.05) is 0 Å². The summed E-state index contributed by atoms with van der Waals surface area (Å²) in [6, 6.07) is 6.64. The van der Waals surface area contributed by atoms with Gasteiger partial charge in [-0.25, -0.2) is 0 Å². The Bertz CT molecular complexity index is 571. The first-order chi connectivity index (χ1) is 9.82. The van der Waals surface area contributed by atoms with Crippen LogP contribution in [0.4, 0.5) is 5.69 Å². The normalized spacial score (nSPS) is 11.3. The van der Waals surface area contributed by atoms with Crippen LogP contribution >= 0.6 is 0 Å². The molecule has 1 rings (SSSR count). The van der Waals surface area contributed by atoms with E-state index < -0.39 is 16.2 Å². The van der Waals surface area contributed by atoms with Gasteiger partial charge >= 0.3 is 16.2 Å². The van der Waals surface area contributed by atoms with E-state index in [1.54, 1.807) is 24.3 Å². The van der Waals surface area contributed by atoms with Crippen molar-refractivity contribution >= 4 is 21.9 Å². The lowest BCUT2D eigenvalue weighted by molar-refractivity contribution is -0.140. The minimum Gasteiger partial charge on any atom is -0.497 e. The van der Waals surface area contributed by atoms with Crippen LogP contribution in [-0.2, 0) is 19.7 Å². The van der Waals surface area contributed by atoms with Gasteiger partial charge in [0.05, 0.1) is 26.3 Å². The van der Waals surface area contributed by atoms with Gasteiger partial charge in [-0.2, -0.15) is 12.7 Å². The fraction of sp³-hybridized carbons (Fsp3) is 0.462.